The lowest BCUT2D eigenvalue weighted by molar-refractivity contribution is 0.118. The van der Waals surface area contributed by atoms with E-state index in [2.05, 4.69) is 0 Å². The van der Waals surface area contributed by atoms with Crippen molar-refractivity contribution in [2.24, 2.45) is 5.92 Å². The van der Waals surface area contributed by atoms with Crippen molar-refractivity contribution in [2.75, 3.05) is 19.0 Å². The van der Waals surface area contributed by atoms with Gasteiger partial charge >= 0.3 is 0 Å². The molecule has 0 aliphatic heterocycles. The van der Waals surface area contributed by atoms with E-state index in [4.69, 9.17) is 15.4 Å². The number of ether oxygens (including phenoxy) is 1. The Morgan fingerprint density at radius 2 is 2.00 bits per heavy atom. The van der Waals surface area contributed by atoms with Crippen LogP contribution in [0.4, 0.5) is 0 Å². The maximum atomic E-state index is 10.5. The Hall–Kier alpha value is 0.200. The third kappa shape index (κ3) is 5.49. The fourth-order valence-electron chi connectivity index (χ4n) is 1.29. The van der Waals surface area contributed by atoms with Gasteiger partial charge in [-0.3, -0.25) is 0 Å². The molecule has 0 spiro atoms. The molecule has 0 amide bonds. The molecule has 0 radical (unpaired) electrons. The van der Waals surface area contributed by atoms with Gasteiger partial charge in [0.05, 0.1) is 12.4 Å². The third-order valence-corrected chi connectivity index (χ3v) is 3.48. The lowest BCUT2D eigenvalue weighted by Gasteiger charge is -2.24. The van der Waals surface area contributed by atoms with E-state index in [9.17, 15) is 8.42 Å². The third-order valence-electron chi connectivity index (χ3n) is 2.37. The van der Waals surface area contributed by atoms with Crippen molar-refractivity contribution in [2.45, 2.75) is 25.7 Å². The molecule has 0 aromatic heterocycles. The molecule has 1 rings (SSSR count). The molecule has 0 saturated heterocycles. The SMILES string of the molecule is O=S(=O)(Cl)CCOCCC1CCC1. The average molecular weight is 227 g/mol. The summed E-state index contributed by atoms with van der Waals surface area (Å²) in [5, 5.41) is 0. The lowest BCUT2D eigenvalue weighted by atomic mass is 9.83. The minimum Gasteiger partial charge on any atom is -0.380 e. The second-order valence-corrected chi connectivity index (χ2v) is 6.34. The normalized spacial score (nSPS) is 18.5. The summed E-state index contributed by atoms with van der Waals surface area (Å²) in [6, 6.07) is 0. The summed E-state index contributed by atoms with van der Waals surface area (Å²) in [5.41, 5.74) is 0. The topological polar surface area (TPSA) is 43.4 Å². The van der Waals surface area contributed by atoms with Crippen LogP contribution < -0.4 is 0 Å². The summed E-state index contributed by atoms with van der Waals surface area (Å²) in [6.07, 6.45) is 5.00. The first kappa shape index (κ1) is 11.3. The Labute approximate surface area is 83.8 Å². The largest absolute Gasteiger partial charge is 0.380 e. The van der Waals surface area contributed by atoms with Crippen molar-refractivity contribution in [3.63, 3.8) is 0 Å². The first-order valence-corrected chi connectivity index (χ1v) is 7.06. The molecule has 78 valence electrons. The molecule has 5 heteroatoms. The molecule has 1 aliphatic rings. The summed E-state index contributed by atoms with van der Waals surface area (Å²) in [7, 11) is 1.64. The van der Waals surface area contributed by atoms with Crippen molar-refractivity contribution < 1.29 is 13.2 Å². The zero-order chi connectivity index (χ0) is 9.73. The highest BCUT2D eigenvalue weighted by atomic mass is 35.7. The van der Waals surface area contributed by atoms with Crippen LogP contribution in [-0.2, 0) is 13.8 Å². The van der Waals surface area contributed by atoms with Crippen molar-refractivity contribution in [3.05, 3.63) is 0 Å². The summed E-state index contributed by atoms with van der Waals surface area (Å²) >= 11 is 0. The fraction of sp³-hybridized carbons (Fsp3) is 1.00. The molecular weight excluding hydrogens is 212 g/mol. The summed E-state index contributed by atoms with van der Waals surface area (Å²) in [6.45, 7) is 0.885. The smallest absolute Gasteiger partial charge is 0.234 e. The molecule has 0 aromatic carbocycles. The molecule has 0 aromatic rings. The molecule has 1 saturated carbocycles. The maximum Gasteiger partial charge on any atom is 0.234 e. The van der Waals surface area contributed by atoms with Crippen LogP contribution in [0.25, 0.3) is 0 Å². The number of hydrogen-bond acceptors (Lipinski definition) is 3. The predicted molar refractivity (Wildman–Crippen MR) is 52.4 cm³/mol. The summed E-state index contributed by atoms with van der Waals surface area (Å²) in [5.74, 6) is 0.728. The van der Waals surface area contributed by atoms with Crippen LogP contribution in [0.1, 0.15) is 25.7 Å². The molecule has 0 heterocycles. The minimum atomic E-state index is -3.37. The van der Waals surface area contributed by atoms with Gasteiger partial charge in [-0.05, 0) is 12.3 Å². The molecule has 0 N–H and O–H groups in total. The molecule has 1 fully saturated rings. The van der Waals surface area contributed by atoms with Gasteiger partial charge in [0.25, 0.3) is 0 Å². The van der Waals surface area contributed by atoms with Gasteiger partial charge in [-0.25, -0.2) is 8.42 Å². The van der Waals surface area contributed by atoms with Gasteiger partial charge in [-0.2, -0.15) is 0 Å². The Bertz CT molecular complexity index is 234. The molecule has 0 bridgehead atoms. The highest BCUT2D eigenvalue weighted by molar-refractivity contribution is 8.13. The summed E-state index contributed by atoms with van der Waals surface area (Å²) in [4.78, 5) is 0. The molecule has 13 heavy (non-hydrogen) atoms. The quantitative estimate of drug-likeness (QED) is 0.512. The maximum absolute atomic E-state index is 10.5. The van der Waals surface area contributed by atoms with Crippen LogP contribution in [-0.4, -0.2) is 27.4 Å². The average Bonchev–Trinajstić information content (AvgIpc) is 1.90. The van der Waals surface area contributed by atoms with E-state index in [0.717, 1.165) is 12.3 Å². The standard InChI is InChI=1S/C8H15ClO3S/c9-13(10,11)7-6-12-5-4-8-2-1-3-8/h8H,1-7H2. The number of halogens is 1. The lowest BCUT2D eigenvalue weighted by Crippen LogP contribution is -2.15. The van der Waals surface area contributed by atoms with Gasteiger partial charge in [-0.15, -0.1) is 0 Å². The zero-order valence-electron chi connectivity index (χ0n) is 7.54. The van der Waals surface area contributed by atoms with Crippen LogP contribution in [0.3, 0.4) is 0 Å². The minimum absolute atomic E-state index is 0.0841. The van der Waals surface area contributed by atoms with Crippen molar-refractivity contribution in [3.8, 4) is 0 Å². The van der Waals surface area contributed by atoms with E-state index in [1.807, 2.05) is 0 Å². The van der Waals surface area contributed by atoms with Crippen LogP contribution in [0.2, 0.25) is 0 Å². The van der Waals surface area contributed by atoms with Gasteiger partial charge in [-0.1, -0.05) is 19.3 Å². The van der Waals surface area contributed by atoms with Gasteiger partial charge in [0, 0.05) is 17.3 Å². The summed E-state index contributed by atoms with van der Waals surface area (Å²) < 4.78 is 26.1. The van der Waals surface area contributed by atoms with E-state index in [-0.39, 0.29) is 12.4 Å². The zero-order valence-corrected chi connectivity index (χ0v) is 9.11. The second kappa shape index (κ2) is 5.17. The predicted octanol–water partition coefficient (Wildman–Crippen LogP) is 1.76. The molecule has 0 atom stereocenters. The molecule has 3 nitrogen and oxygen atoms in total. The van der Waals surface area contributed by atoms with Crippen LogP contribution in [0.5, 0.6) is 0 Å². The van der Waals surface area contributed by atoms with Gasteiger partial charge < -0.3 is 4.74 Å². The van der Waals surface area contributed by atoms with Crippen molar-refractivity contribution in [1.29, 1.82) is 0 Å². The molecule has 1 aliphatic carbocycles. The Balaban J connectivity index is 1.89. The number of rotatable bonds is 6. The van der Waals surface area contributed by atoms with E-state index in [1.54, 1.807) is 0 Å². The van der Waals surface area contributed by atoms with Crippen LogP contribution >= 0.6 is 10.7 Å². The first-order valence-electron chi connectivity index (χ1n) is 4.58. The van der Waals surface area contributed by atoms with Crippen LogP contribution in [0, 0.1) is 5.92 Å². The van der Waals surface area contributed by atoms with Crippen LogP contribution in [0.15, 0.2) is 0 Å². The van der Waals surface area contributed by atoms with E-state index < -0.39 is 9.05 Å². The van der Waals surface area contributed by atoms with Gasteiger partial charge in [0.1, 0.15) is 0 Å². The van der Waals surface area contributed by atoms with Gasteiger partial charge in [0.2, 0.25) is 9.05 Å². The second-order valence-electron chi connectivity index (χ2n) is 3.44. The van der Waals surface area contributed by atoms with E-state index in [1.165, 1.54) is 19.3 Å². The monoisotopic (exact) mass is 226 g/mol. The Morgan fingerprint density at radius 1 is 1.31 bits per heavy atom. The Morgan fingerprint density at radius 3 is 2.46 bits per heavy atom. The first-order chi connectivity index (χ1) is 6.08. The van der Waals surface area contributed by atoms with E-state index in [0.29, 0.717) is 6.61 Å². The van der Waals surface area contributed by atoms with Crippen molar-refractivity contribution in [1.82, 2.24) is 0 Å². The highest BCUT2D eigenvalue weighted by Crippen LogP contribution is 2.28. The van der Waals surface area contributed by atoms with Crippen molar-refractivity contribution >= 4 is 19.7 Å². The molecular formula is C8H15ClO3S. The van der Waals surface area contributed by atoms with E-state index >= 15 is 0 Å². The Kier molecular flexibility index (Phi) is 4.49. The van der Waals surface area contributed by atoms with Gasteiger partial charge in [0.15, 0.2) is 0 Å². The molecule has 0 unspecified atom stereocenters. The highest BCUT2D eigenvalue weighted by Gasteiger charge is 2.16. The fourth-order valence-corrected chi connectivity index (χ4v) is 1.80. The number of hydrogen-bond donors (Lipinski definition) is 0.